The number of allylic oxidation sites excluding steroid dienone is 2. The van der Waals surface area contributed by atoms with E-state index in [-0.39, 0.29) is 19.4 Å². The first-order valence-electron chi connectivity index (χ1n) is 22.7. The van der Waals surface area contributed by atoms with E-state index in [0.717, 1.165) is 32.1 Å². The minimum atomic E-state index is -4.72. The number of esters is 2. The number of phosphoric acid groups is 1. The van der Waals surface area contributed by atoms with Gasteiger partial charge < -0.3 is 25.2 Å². The summed E-state index contributed by atoms with van der Waals surface area (Å²) in [7, 11) is -4.72. The van der Waals surface area contributed by atoms with E-state index >= 15 is 0 Å². The van der Waals surface area contributed by atoms with Crippen LogP contribution in [0.4, 0.5) is 0 Å². The molecule has 0 spiro atoms. The summed E-state index contributed by atoms with van der Waals surface area (Å²) >= 11 is 0. The second-order valence-electron chi connectivity index (χ2n) is 15.5. The van der Waals surface area contributed by atoms with Crippen LogP contribution in [-0.2, 0) is 37.5 Å². The summed E-state index contributed by atoms with van der Waals surface area (Å²) in [6.07, 6.45) is 40.0. The molecule has 11 nitrogen and oxygen atoms in total. The molecule has 12 heteroatoms. The molecule has 0 aromatic rings. The molecule has 3 atom stereocenters. The van der Waals surface area contributed by atoms with Crippen molar-refractivity contribution in [1.29, 1.82) is 0 Å². The van der Waals surface area contributed by atoms with Crippen molar-refractivity contribution in [2.45, 2.75) is 231 Å². The number of carboxylic acids is 1. The molecule has 0 fully saturated rings. The number of carbonyl (C=O) groups is 3. The van der Waals surface area contributed by atoms with Crippen molar-refractivity contribution in [3.05, 3.63) is 12.2 Å². The van der Waals surface area contributed by atoms with Gasteiger partial charge in [-0.2, -0.15) is 0 Å². The molecule has 0 aromatic carbocycles. The van der Waals surface area contributed by atoms with Gasteiger partial charge in [-0.25, -0.2) is 4.57 Å². The van der Waals surface area contributed by atoms with Crippen molar-refractivity contribution in [2.75, 3.05) is 19.8 Å². The number of rotatable bonds is 43. The zero-order valence-electron chi connectivity index (χ0n) is 35.7. The van der Waals surface area contributed by atoms with Crippen LogP contribution in [0.3, 0.4) is 0 Å². The summed E-state index contributed by atoms with van der Waals surface area (Å²) in [5.41, 5.74) is 5.33. The van der Waals surface area contributed by atoms with E-state index in [4.69, 9.17) is 24.8 Å². The van der Waals surface area contributed by atoms with Gasteiger partial charge in [0.2, 0.25) is 0 Å². The molecular formula is C44H84NO10P. The smallest absolute Gasteiger partial charge is 0.472 e. The van der Waals surface area contributed by atoms with Crippen molar-refractivity contribution >= 4 is 25.7 Å². The highest BCUT2D eigenvalue weighted by Crippen LogP contribution is 2.43. The van der Waals surface area contributed by atoms with Crippen LogP contribution in [0.1, 0.15) is 219 Å². The molecule has 0 saturated heterocycles. The third-order valence-corrected chi connectivity index (χ3v) is 11.0. The lowest BCUT2D eigenvalue weighted by molar-refractivity contribution is -0.161. The summed E-state index contributed by atoms with van der Waals surface area (Å²) in [5.74, 6) is -2.42. The fourth-order valence-electron chi connectivity index (χ4n) is 6.44. The number of ether oxygens (including phenoxy) is 2. The largest absolute Gasteiger partial charge is 0.480 e. The third kappa shape index (κ3) is 39.1. The Labute approximate surface area is 341 Å². The molecule has 330 valence electrons. The van der Waals surface area contributed by atoms with Gasteiger partial charge in [-0.1, -0.05) is 193 Å². The van der Waals surface area contributed by atoms with Crippen LogP contribution in [0.5, 0.6) is 0 Å². The number of carboxylic acid groups (broad SMARTS) is 1. The second-order valence-corrected chi connectivity index (χ2v) is 17.0. The van der Waals surface area contributed by atoms with Gasteiger partial charge in [0.25, 0.3) is 0 Å². The van der Waals surface area contributed by atoms with Gasteiger partial charge >= 0.3 is 25.7 Å². The second kappa shape index (κ2) is 40.0. The van der Waals surface area contributed by atoms with Gasteiger partial charge in [-0.15, -0.1) is 0 Å². The molecule has 0 amide bonds. The van der Waals surface area contributed by atoms with Crippen molar-refractivity contribution < 1.29 is 47.5 Å². The molecule has 0 aliphatic rings. The Hall–Kier alpha value is -1.78. The minimum absolute atomic E-state index is 0.143. The Morgan fingerprint density at radius 1 is 0.536 bits per heavy atom. The third-order valence-electron chi connectivity index (χ3n) is 10.0. The van der Waals surface area contributed by atoms with Gasteiger partial charge in [-0.3, -0.25) is 23.4 Å². The molecule has 0 saturated carbocycles. The standard InChI is InChI=1S/C44H84NO10P/c1-3-5-7-9-11-13-15-17-19-20-22-24-26-28-30-32-34-36-43(47)55-40(38-53-56(50,51)54-39-41(45)44(48)49)37-52-42(46)35-33-31-29-27-25-23-21-18-16-14-12-10-8-6-4-2/h29,31,40-41H,3-28,30,32-39,45H2,1-2H3,(H,48,49)(H,50,51)/b31-29-. The SMILES string of the molecule is CCCCCCCCCCCCC/C=C\CCC(=O)OCC(COP(=O)(O)OCC(N)C(=O)O)OC(=O)CCCCCCCCCCCCCCCCCCC. The van der Waals surface area contributed by atoms with E-state index in [1.807, 2.05) is 6.08 Å². The molecule has 0 aliphatic carbocycles. The zero-order valence-corrected chi connectivity index (χ0v) is 36.6. The normalized spacial score (nSPS) is 13.8. The summed E-state index contributed by atoms with van der Waals surface area (Å²) in [5, 5.41) is 8.89. The topological polar surface area (TPSA) is 172 Å². The first-order chi connectivity index (χ1) is 27.1. The van der Waals surface area contributed by atoms with E-state index in [9.17, 15) is 23.8 Å². The molecule has 0 rings (SSSR count). The predicted molar refractivity (Wildman–Crippen MR) is 226 cm³/mol. The van der Waals surface area contributed by atoms with E-state index in [1.54, 1.807) is 0 Å². The number of hydrogen-bond acceptors (Lipinski definition) is 9. The van der Waals surface area contributed by atoms with Crippen molar-refractivity contribution in [3.8, 4) is 0 Å². The van der Waals surface area contributed by atoms with Crippen LogP contribution in [0.25, 0.3) is 0 Å². The number of unbranched alkanes of at least 4 members (excludes halogenated alkanes) is 27. The summed E-state index contributed by atoms with van der Waals surface area (Å²) in [6.45, 7) is 2.80. The average molecular weight is 818 g/mol. The predicted octanol–water partition coefficient (Wildman–Crippen LogP) is 12.1. The summed E-state index contributed by atoms with van der Waals surface area (Å²) < 4.78 is 32.7. The van der Waals surface area contributed by atoms with Crippen LogP contribution in [0, 0.1) is 0 Å². The molecule has 56 heavy (non-hydrogen) atoms. The van der Waals surface area contributed by atoms with Crippen LogP contribution in [0.15, 0.2) is 12.2 Å². The maximum atomic E-state index is 12.6. The Kier molecular flexibility index (Phi) is 38.7. The fourth-order valence-corrected chi connectivity index (χ4v) is 7.22. The molecular weight excluding hydrogens is 733 g/mol. The number of carbonyl (C=O) groups excluding carboxylic acids is 2. The summed E-state index contributed by atoms with van der Waals surface area (Å²) in [6, 6.07) is -1.52. The first kappa shape index (κ1) is 54.2. The van der Waals surface area contributed by atoms with Crippen LogP contribution in [0.2, 0.25) is 0 Å². The van der Waals surface area contributed by atoms with Gasteiger partial charge in [-0.05, 0) is 25.7 Å². The zero-order chi connectivity index (χ0) is 41.4. The number of hydrogen-bond donors (Lipinski definition) is 3. The van der Waals surface area contributed by atoms with Crippen LogP contribution < -0.4 is 5.73 Å². The Morgan fingerprint density at radius 2 is 0.929 bits per heavy atom. The quantitative estimate of drug-likeness (QED) is 0.0231. The van der Waals surface area contributed by atoms with E-state index in [0.29, 0.717) is 12.8 Å². The van der Waals surface area contributed by atoms with Gasteiger partial charge in [0.05, 0.1) is 13.2 Å². The average Bonchev–Trinajstić information content (AvgIpc) is 3.17. The molecule has 0 aromatic heterocycles. The Bertz CT molecular complexity index is 1010. The molecule has 3 unspecified atom stereocenters. The molecule has 4 N–H and O–H groups in total. The number of nitrogens with two attached hydrogens (primary N) is 1. The molecule has 0 heterocycles. The van der Waals surface area contributed by atoms with Crippen molar-refractivity contribution in [1.82, 2.24) is 0 Å². The van der Waals surface area contributed by atoms with Crippen LogP contribution in [-0.4, -0.2) is 59.9 Å². The molecule has 0 aliphatic heterocycles. The van der Waals surface area contributed by atoms with E-state index in [2.05, 4.69) is 24.4 Å². The minimum Gasteiger partial charge on any atom is -0.480 e. The lowest BCUT2D eigenvalue weighted by Gasteiger charge is -2.20. The van der Waals surface area contributed by atoms with E-state index < -0.39 is 51.1 Å². The Morgan fingerprint density at radius 3 is 1.38 bits per heavy atom. The van der Waals surface area contributed by atoms with Crippen LogP contribution >= 0.6 is 7.82 Å². The summed E-state index contributed by atoms with van der Waals surface area (Å²) in [4.78, 5) is 45.9. The van der Waals surface area contributed by atoms with Gasteiger partial charge in [0.15, 0.2) is 6.10 Å². The van der Waals surface area contributed by atoms with Crippen molar-refractivity contribution in [3.63, 3.8) is 0 Å². The highest BCUT2D eigenvalue weighted by molar-refractivity contribution is 7.47. The van der Waals surface area contributed by atoms with Gasteiger partial charge in [0.1, 0.15) is 12.6 Å². The number of phosphoric ester groups is 1. The highest BCUT2D eigenvalue weighted by atomic mass is 31.2. The maximum absolute atomic E-state index is 12.6. The van der Waals surface area contributed by atoms with Crippen molar-refractivity contribution in [2.24, 2.45) is 5.73 Å². The maximum Gasteiger partial charge on any atom is 0.472 e. The molecule has 0 radical (unpaired) electrons. The lowest BCUT2D eigenvalue weighted by atomic mass is 10.0. The van der Waals surface area contributed by atoms with E-state index in [1.165, 1.54) is 148 Å². The highest BCUT2D eigenvalue weighted by Gasteiger charge is 2.28. The molecule has 0 bridgehead atoms. The Balaban J connectivity index is 4.34. The first-order valence-corrected chi connectivity index (χ1v) is 24.2. The lowest BCUT2D eigenvalue weighted by Crippen LogP contribution is -2.34. The number of aliphatic carboxylic acids is 1. The monoisotopic (exact) mass is 818 g/mol. The van der Waals surface area contributed by atoms with Gasteiger partial charge in [0, 0.05) is 12.8 Å². The fraction of sp³-hybridized carbons (Fsp3) is 0.886.